The number of carboxylic acid groups (broad SMARTS) is 1. The summed E-state index contributed by atoms with van der Waals surface area (Å²) in [6, 6.07) is 5.43. The first-order valence-electron chi connectivity index (χ1n) is 5.81. The summed E-state index contributed by atoms with van der Waals surface area (Å²) < 4.78 is 1.04. The number of aliphatic carboxylic acids is 1. The zero-order valence-corrected chi connectivity index (χ0v) is 13.3. The summed E-state index contributed by atoms with van der Waals surface area (Å²) in [6.07, 6.45) is 0. The second-order valence-electron chi connectivity index (χ2n) is 4.57. The predicted molar refractivity (Wildman–Crippen MR) is 82.3 cm³/mol. The van der Waals surface area contributed by atoms with Gasteiger partial charge in [0.2, 0.25) is 0 Å². The quantitative estimate of drug-likeness (QED) is 0.795. The lowest BCUT2D eigenvalue weighted by Gasteiger charge is -2.20. The molecule has 1 aromatic carbocycles. The molecule has 104 valence electrons. The molecule has 6 heteroatoms. The maximum Gasteiger partial charge on any atom is 0.321 e. The van der Waals surface area contributed by atoms with Crippen LogP contribution in [0.5, 0.6) is 0 Å². The Bertz CT molecular complexity index is 471. The van der Waals surface area contributed by atoms with Gasteiger partial charge in [-0.3, -0.25) is 4.79 Å². The molecule has 2 amide bonds. The van der Waals surface area contributed by atoms with Crippen molar-refractivity contribution in [3.05, 3.63) is 27.3 Å². The Labute approximate surface area is 126 Å². The van der Waals surface area contributed by atoms with Crippen LogP contribution >= 0.6 is 22.6 Å². The summed E-state index contributed by atoms with van der Waals surface area (Å²) in [5.74, 6) is -1.50. The van der Waals surface area contributed by atoms with E-state index < -0.39 is 11.9 Å². The van der Waals surface area contributed by atoms with E-state index in [0.717, 1.165) is 9.13 Å². The number of halogens is 1. The number of benzene rings is 1. The van der Waals surface area contributed by atoms with Gasteiger partial charge in [0.15, 0.2) is 0 Å². The number of carbonyl (C=O) groups is 2. The van der Waals surface area contributed by atoms with Gasteiger partial charge in [0, 0.05) is 22.8 Å². The Morgan fingerprint density at radius 2 is 2.05 bits per heavy atom. The van der Waals surface area contributed by atoms with Crippen molar-refractivity contribution in [1.82, 2.24) is 4.90 Å². The monoisotopic (exact) mass is 376 g/mol. The number of carboxylic acids is 1. The Balaban J connectivity index is 2.66. The number of anilines is 1. The molecule has 5 nitrogen and oxygen atoms in total. The molecule has 0 aliphatic rings. The van der Waals surface area contributed by atoms with E-state index in [1.807, 2.05) is 25.1 Å². The van der Waals surface area contributed by atoms with Crippen molar-refractivity contribution in [2.24, 2.45) is 5.92 Å². The van der Waals surface area contributed by atoms with Gasteiger partial charge in [-0.2, -0.15) is 0 Å². The Hall–Kier alpha value is -1.31. The highest BCUT2D eigenvalue weighted by Gasteiger charge is 2.17. The lowest BCUT2D eigenvalue weighted by molar-refractivity contribution is -0.141. The molecule has 0 bridgehead atoms. The number of nitrogens with zero attached hydrogens (tertiary/aromatic N) is 1. The maximum absolute atomic E-state index is 11.9. The number of amides is 2. The topological polar surface area (TPSA) is 69.6 Å². The van der Waals surface area contributed by atoms with Crippen LogP contribution in [0.3, 0.4) is 0 Å². The molecule has 1 rings (SSSR count). The van der Waals surface area contributed by atoms with E-state index in [1.54, 1.807) is 14.0 Å². The molecule has 0 aliphatic carbocycles. The molecule has 1 unspecified atom stereocenters. The number of carbonyl (C=O) groups excluding carboxylic acids is 1. The molecule has 19 heavy (non-hydrogen) atoms. The maximum atomic E-state index is 11.9. The fourth-order valence-electron chi connectivity index (χ4n) is 1.60. The van der Waals surface area contributed by atoms with Crippen LogP contribution in [-0.4, -0.2) is 35.6 Å². The Morgan fingerprint density at radius 3 is 2.58 bits per heavy atom. The molecule has 0 saturated heterocycles. The molecule has 2 N–H and O–H groups in total. The number of aryl methyl sites for hydroxylation is 1. The van der Waals surface area contributed by atoms with E-state index in [1.165, 1.54) is 4.90 Å². The largest absolute Gasteiger partial charge is 0.481 e. The third-order valence-electron chi connectivity index (χ3n) is 2.61. The normalized spacial score (nSPS) is 11.8. The highest BCUT2D eigenvalue weighted by atomic mass is 127. The van der Waals surface area contributed by atoms with Gasteiger partial charge in [0.1, 0.15) is 0 Å². The van der Waals surface area contributed by atoms with E-state index in [-0.39, 0.29) is 12.6 Å². The summed E-state index contributed by atoms with van der Waals surface area (Å²) in [5.41, 5.74) is 1.77. The molecule has 0 aliphatic heterocycles. The number of hydrogen-bond acceptors (Lipinski definition) is 2. The van der Waals surface area contributed by atoms with Crippen LogP contribution in [0.15, 0.2) is 18.2 Å². The van der Waals surface area contributed by atoms with Gasteiger partial charge in [0.25, 0.3) is 0 Å². The Kier molecular flexibility index (Phi) is 5.59. The summed E-state index contributed by atoms with van der Waals surface area (Å²) >= 11 is 2.18. The summed E-state index contributed by atoms with van der Waals surface area (Å²) in [6.45, 7) is 3.69. The van der Waals surface area contributed by atoms with Gasteiger partial charge < -0.3 is 15.3 Å². The fourth-order valence-corrected chi connectivity index (χ4v) is 2.43. The molecule has 1 atom stereocenters. The van der Waals surface area contributed by atoms with Crippen LogP contribution in [0.4, 0.5) is 10.5 Å². The number of rotatable bonds is 4. The van der Waals surface area contributed by atoms with E-state index in [9.17, 15) is 9.59 Å². The lowest BCUT2D eigenvalue weighted by atomic mass is 10.2. The highest BCUT2D eigenvalue weighted by molar-refractivity contribution is 14.1. The van der Waals surface area contributed by atoms with E-state index in [4.69, 9.17) is 5.11 Å². The van der Waals surface area contributed by atoms with Gasteiger partial charge in [-0.25, -0.2) is 4.79 Å². The fraction of sp³-hybridized carbons (Fsp3) is 0.385. The van der Waals surface area contributed by atoms with Crippen LogP contribution in [-0.2, 0) is 4.79 Å². The van der Waals surface area contributed by atoms with Gasteiger partial charge in [-0.15, -0.1) is 0 Å². The van der Waals surface area contributed by atoms with Crippen LogP contribution < -0.4 is 5.32 Å². The third-order valence-corrected chi connectivity index (χ3v) is 3.23. The third kappa shape index (κ3) is 5.06. The second kappa shape index (κ2) is 6.74. The minimum absolute atomic E-state index is 0.171. The molecule has 0 aromatic heterocycles. The van der Waals surface area contributed by atoms with Crippen molar-refractivity contribution in [3.8, 4) is 0 Å². The average Bonchev–Trinajstić information content (AvgIpc) is 2.26. The molecule has 0 radical (unpaired) electrons. The zero-order valence-electron chi connectivity index (χ0n) is 11.1. The minimum Gasteiger partial charge on any atom is -0.481 e. The van der Waals surface area contributed by atoms with Crippen LogP contribution in [0, 0.1) is 16.4 Å². The molecule has 0 fully saturated rings. The van der Waals surface area contributed by atoms with Crippen LogP contribution in [0.25, 0.3) is 0 Å². The summed E-state index contributed by atoms with van der Waals surface area (Å²) in [5, 5.41) is 11.6. The summed E-state index contributed by atoms with van der Waals surface area (Å²) in [7, 11) is 1.58. The van der Waals surface area contributed by atoms with Crippen molar-refractivity contribution in [2.45, 2.75) is 13.8 Å². The molecular weight excluding hydrogens is 359 g/mol. The average molecular weight is 376 g/mol. The smallest absolute Gasteiger partial charge is 0.321 e. The Morgan fingerprint density at radius 1 is 1.42 bits per heavy atom. The lowest BCUT2D eigenvalue weighted by Crippen LogP contribution is -2.36. The first-order chi connectivity index (χ1) is 8.79. The second-order valence-corrected chi connectivity index (χ2v) is 5.81. The highest BCUT2D eigenvalue weighted by Crippen LogP contribution is 2.16. The van der Waals surface area contributed by atoms with Crippen LogP contribution in [0.1, 0.15) is 12.5 Å². The minimum atomic E-state index is -0.912. The predicted octanol–water partition coefficient (Wildman–Crippen LogP) is 2.78. The molecule has 0 saturated carbocycles. The number of hydrogen-bond donors (Lipinski definition) is 2. The molecule has 0 spiro atoms. The van der Waals surface area contributed by atoms with Gasteiger partial charge in [-0.05, 0) is 53.3 Å². The standard InChI is InChI=1S/C13H17IN2O3/c1-8-4-10(14)6-11(5-8)15-13(19)16(3)7-9(2)12(17)18/h4-6,9H,7H2,1-3H3,(H,15,19)(H,17,18). The molecule has 0 heterocycles. The van der Waals surface area contributed by atoms with Crippen molar-refractivity contribution < 1.29 is 14.7 Å². The van der Waals surface area contributed by atoms with E-state index >= 15 is 0 Å². The first-order valence-corrected chi connectivity index (χ1v) is 6.89. The zero-order chi connectivity index (χ0) is 14.6. The molecular formula is C13H17IN2O3. The van der Waals surface area contributed by atoms with Gasteiger partial charge in [0.05, 0.1) is 5.92 Å². The van der Waals surface area contributed by atoms with Gasteiger partial charge in [-0.1, -0.05) is 6.92 Å². The van der Waals surface area contributed by atoms with Crippen molar-refractivity contribution >= 4 is 40.3 Å². The molecule has 1 aromatic rings. The van der Waals surface area contributed by atoms with Gasteiger partial charge >= 0.3 is 12.0 Å². The van der Waals surface area contributed by atoms with Crippen molar-refractivity contribution in [3.63, 3.8) is 0 Å². The first kappa shape index (κ1) is 15.7. The van der Waals surface area contributed by atoms with Crippen molar-refractivity contribution in [2.75, 3.05) is 18.9 Å². The number of urea groups is 1. The van der Waals surface area contributed by atoms with Crippen molar-refractivity contribution in [1.29, 1.82) is 0 Å². The SMILES string of the molecule is Cc1cc(I)cc(NC(=O)N(C)CC(C)C(=O)O)c1. The number of nitrogens with one attached hydrogen (secondary N) is 1. The van der Waals surface area contributed by atoms with Crippen LogP contribution in [0.2, 0.25) is 0 Å². The summed E-state index contributed by atoms with van der Waals surface area (Å²) in [4.78, 5) is 24.0. The van der Waals surface area contributed by atoms with E-state index in [2.05, 4.69) is 27.9 Å². The van der Waals surface area contributed by atoms with E-state index in [0.29, 0.717) is 5.69 Å².